The molecule has 84 valence electrons. The van der Waals surface area contributed by atoms with Crippen LogP contribution in [0.25, 0.3) is 0 Å². The van der Waals surface area contributed by atoms with Gasteiger partial charge < -0.3 is 10.3 Å². The van der Waals surface area contributed by atoms with Crippen LogP contribution in [0.5, 0.6) is 0 Å². The monoisotopic (exact) mass is 217 g/mol. The molecule has 0 bridgehead atoms. The maximum Gasteiger partial charge on any atom is 0.145 e. The minimum absolute atomic E-state index is 0.200. The third-order valence-electron chi connectivity index (χ3n) is 2.46. The van der Waals surface area contributed by atoms with Crippen molar-refractivity contribution < 1.29 is 0 Å². The molecule has 1 unspecified atom stereocenters. The number of aromatic nitrogens is 4. The largest absolute Gasteiger partial charge is 0.335 e. The maximum atomic E-state index is 6.03. The Hall–Kier alpha value is -1.75. The molecule has 0 radical (unpaired) electrons. The summed E-state index contributed by atoms with van der Waals surface area (Å²) in [6.07, 6.45) is 7.80. The Kier molecular flexibility index (Phi) is 3.26. The number of nitrogens with two attached hydrogens (primary N) is 1. The van der Waals surface area contributed by atoms with Crippen LogP contribution in [0.1, 0.15) is 24.6 Å². The van der Waals surface area contributed by atoms with Crippen LogP contribution in [-0.2, 0) is 13.0 Å². The van der Waals surface area contributed by atoms with E-state index in [1.54, 1.807) is 24.7 Å². The van der Waals surface area contributed by atoms with Crippen molar-refractivity contribution in [1.82, 2.24) is 19.5 Å². The van der Waals surface area contributed by atoms with Crippen LogP contribution in [0.3, 0.4) is 0 Å². The van der Waals surface area contributed by atoms with Gasteiger partial charge in [0.1, 0.15) is 11.6 Å². The molecular weight excluding hydrogens is 202 g/mol. The normalized spacial score (nSPS) is 12.6. The van der Waals surface area contributed by atoms with Crippen molar-refractivity contribution in [2.24, 2.45) is 5.73 Å². The molecule has 0 aliphatic carbocycles. The fourth-order valence-corrected chi connectivity index (χ4v) is 1.61. The van der Waals surface area contributed by atoms with E-state index < -0.39 is 0 Å². The molecule has 0 aromatic carbocycles. The van der Waals surface area contributed by atoms with E-state index in [4.69, 9.17) is 5.73 Å². The first kappa shape index (κ1) is 10.8. The summed E-state index contributed by atoms with van der Waals surface area (Å²) in [5.74, 6) is 1.63. The van der Waals surface area contributed by atoms with Gasteiger partial charge in [0.2, 0.25) is 0 Å². The third kappa shape index (κ3) is 2.25. The van der Waals surface area contributed by atoms with Gasteiger partial charge in [-0.15, -0.1) is 0 Å². The Bertz CT molecular complexity index is 437. The van der Waals surface area contributed by atoms with Crippen molar-refractivity contribution >= 4 is 0 Å². The van der Waals surface area contributed by atoms with Crippen molar-refractivity contribution in [3.8, 4) is 0 Å². The molecule has 1 atom stereocenters. The minimum Gasteiger partial charge on any atom is -0.335 e. The third-order valence-corrected chi connectivity index (χ3v) is 2.46. The summed E-state index contributed by atoms with van der Waals surface area (Å²) < 4.78 is 2.07. The number of hydrogen-bond donors (Lipinski definition) is 1. The molecule has 0 amide bonds. The highest BCUT2D eigenvalue weighted by Gasteiger charge is 2.12. The molecule has 0 spiro atoms. The zero-order valence-corrected chi connectivity index (χ0v) is 9.24. The lowest BCUT2D eigenvalue weighted by Gasteiger charge is -2.10. The SMILES string of the molecule is CCn1ccnc1CC(N)c1ncccn1. The molecule has 5 nitrogen and oxygen atoms in total. The molecule has 0 aliphatic rings. The van der Waals surface area contributed by atoms with Crippen molar-refractivity contribution in [3.63, 3.8) is 0 Å². The minimum atomic E-state index is -0.200. The summed E-state index contributed by atoms with van der Waals surface area (Å²) in [4.78, 5) is 12.6. The van der Waals surface area contributed by atoms with E-state index in [0.29, 0.717) is 12.2 Å². The standard InChI is InChI=1S/C11H15N5/c1-2-16-7-6-13-10(16)8-9(12)11-14-4-3-5-15-11/h3-7,9H,2,8,12H2,1H3. The van der Waals surface area contributed by atoms with E-state index in [0.717, 1.165) is 12.4 Å². The number of hydrogen-bond acceptors (Lipinski definition) is 4. The van der Waals surface area contributed by atoms with Gasteiger partial charge in [-0.2, -0.15) is 0 Å². The van der Waals surface area contributed by atoms with Crippen molar-refractivity contribution in [2.45, 2.75) is 25.9 Å². The highest BCUT2D eigenvalue weighted by atomic mass is 15.1. The predicted molar refractivity (Wildman–Crippen MR) is 60.6 cm³/mol. The average molecular weight is 217 g/mol. The Labute approximate surface area is 94.4 Å². The molecule has 2 rings (SSSR count). The highest BCUT2D eigenvalue weighted by molar-refractivity contribution is 5.02. The van der Waals surface area contributed by atoms with E-state index in [1.165, 1.54) is 0 Å². The van der Waals surface area contributed by atoms with E-state index >= 15 is 0 Å². The highest BCUT2D eigenvalue weighted by Crippen LogP contribution is 2.10. The Balaban J connectivity index is 2.11. The Morgan fingerprint density at radius 2 is 2.00 bits per heavy atom. The number of imidazole rings is 1. The summed E-state index contributed by atoms with van der Waals surface area (Å²) in [6, 6.07) is 1.58. The summed E-state index contributed by atoms with van der Waals surface area (Å²) in [5, 5.41) is 0. The van der Waals surface area contributed by atoms with Crippen molar-refractivity contribution in [1.29, 1.82) is 0 Å². The van der Waals surface area contributed by atoms with Gasteiger partial charge in [0.05, 0.1) is 6.04 Å². The first-order valence-electron chi connectivity index (χ1n) is 5.33. The Morgan fingerprint density at radius 1 is 1.25 bits per heavy atom. The number of rotatable bonds is 4. The lowest BCUT2D eigenvalue weighted by Crippen LogP contribution is -2.18. The van der Waals surface area contributed by atoms with E-state index in [9.17, 15) is 0 Å². The smallest absolute Gasteiger partial charge is 0.145 e. The van der Waals surface area contributed by atoms with Gasteiger partial charge in [0.15, 0.2) is 0 Å². The zero-order chi connectivity index (χ0) is 11.4. The van der Waals surface area contributed by atoms with Gasteiger partial charge in [0.25, 0.3) is 0 Å². The summed E-state index contributed by atoms with van der Waals surface area (Å²) in [6.45, 7) is 2.98. The fraction of sp³-hybridized carbons (Fsp3) is 0.364. The van der Waals surface area contributed by atoms with E-state index in [1.807, 2.05) is 6.20 Å². The first-order chi connectivity index (χ1) is 7.81. The van der Waals surface area contributed by atoms with Gasteiger partial charge in [0, 0.05) is 37.8 Å². The lowest BCUT2D eigenvalue weighted by atomic mass is 10.2. The number of nitrogens with zero attached hydrogens (tertiary/aromatic N) is 4. The molecule has 0 saturated heterocycles. The Morgan fingerprint density at radius 3 is 2.69 bits per heavy atom. The van der Waals surface area contributed by atoms with E-state index in [-0.39, 0.29) is 6.04 Å². The summed E-state index contributed by atoms with van der Waals surface area (Å²) in [5.41, 5.74) is 6.03. The zero-order valence-electron chi connectivity index (χ0n) is 9.24. The predicted octanol–water partition coefficient (Wildman–Crippen LogP) is 0.935. The van der Waals surface area contributed by atoms with Gasteiger partial charge in [-0.25, -0.2) is 15.0 Å². The quantitative estimate of drug-likeness (QED) is 0.827. The second-order valence-electron chi connectivity index (χ2n) is 3.55. The van der Waals surface area contributed by atoms with Crippen LogP contribution in [0.4, 0.5) is 0 Å². The van der Waals surface area contributed by atoms with Crippen LogP contribution in [-0.4, -0.2) is 19.5 Å². The molecule has 2 aromatic rings. The molecule has 2 heterocycles. The molecule has 0 saturated carbocycles. The van der Waals surface area contributed by atoms with Gasteiger partial charge in [-0.05, 0) is 13.0 Å². The van der Waals surface area contributed by atoms with Crippen LogP contribution in [0, 0.1) is 0 Å². The summed E-state index contributed by atoms with van der Waals surface area (Å²) >= 11 is 0. The molecule has 2 aromatic heterocycles. The van der Waals surface area contributed by atoms with Crippen LogP contribution in [0.2, 0.25) is 0 Å². The average Bonchev–Trinajstić information content (AvgIpc) is 2.77. The summed E-state index contributed by atoms with van der Waals surface area (Å²) in [7, 11) is 0. The molecule has 2 N–H and O–H groups in total. The molecule has 0 fully saturated rings. The van der Waals surface area contributed by atoms with Crippen molar-refractivity contribution in [2.75, 3.05) is 0 Å². The molecule has 0 aliphatic heterocycles. The second kappa shape index (κ2) is 4.85. The molecule has 16 heavy (non-hydrogen) atoms. The van der Waals surface area contributed by atoms with Crippen LogP contribution >= 0.6 is 0 Å². The molecule has 5 heteroatoms. The van der Waals surface area contributed by atoms with E-state index in [2.05, 4.69) is 26.4 Å². The lowest BCUT2D eigenvalue weighted by molar-refractivity contribution is 0.603. The fourth-order valence-electron chi connectivity index (χ4n) is 1.61. The van der Waals surface area contributed by atoms with Gasteiger partial charge in [-0.3, -0.25) is 0 Å². The number of aryl methyl sites for hydroxylation is 1. The second-order valence-corrected chi connectivity index (χ2v) is 3.55. The van der Waals surface area contributed by atoms with Crippen LogP contribution < -0.4 is 5.73 Å². The maximum absolute atomic E-state index is 6.03. The first-order valence-corrected chi connectivity index (χ1v) is 5.33. The van der Waals surface area contributed by atoms with Crippen molar-refractivity contribution in [3.05, 3.63) is 42.5 Å². The topological polar surface area (TPSA) is 69.6 Å². The van der Waals surface area contributed by atoms with Gasteiger partial charge >= 0.3 is 0 Å². The molecular formula is C11H15N5. The van der Waals surface area contributed by atoms with Gasteiger partial charge in [-0.1, -0.05) is 0 Å². The van der Waals surface area contributed by atoms with Crippen LogP contribution in [0.15, 0.2) is 30.9 Å².